The van der Waals surface area contributed by atoms with E-state index in [0.717, 1.165) is 0 Å². The third kappa shape index (κ3) is 4.25. The SMILES string of the molecule is CC(CCC(=O)O)Nc1cc(C(N)=O)ccc1Cl. The normalized spacial score (nSPS) is 11.9. The van der Waals surface area contributed by atoms with Crippen molar-refractivity contribution in [2.75, 3.05) is 5.32 Å². The van der Waals surface area contributed by atoms with Crippen LogP contribution in [0.25, 0.3) is 0 Å². The van der Waals surface area contributed by atoms with Gasteiger partial charge in [-0.2, -0.15) is 0 Å². The maximum Gasteiger partial charge on any atom is 0.303 e. The molecule has 0 aliphatic rings. The molecule has 0 saturated heterocycles. The first-order chi connectivity index (χ1) is 8.40. The van der Waals surface area contributed by atoms with E-state index in [1.807, 2.05) is 6.92 Å². The number of aliphatic carboxylic acids is 1. The van der Waals surface area contributed by atoms with Crippen molar-refractivity contribution in [3.63, 3.8) is 0 Å². The molecule has 1 aromatic rings. The standard InChI is InChI=1S/C12H15ClN2O3/c1-7(2-5-11(16)17)15-10-6-8(12(14)18)3-4-9(10)13/h3-4,6-7,15H,2,5H2,1H3,(H2,14,18)(H,16,17). The van der Waals surface area contributed by atoms with E-state index in [1.54, 1.807) is 12.1 Å². The average molecular weight is 271 g/mol. The fourth-order valence-corrected chi connectivity index (χ4v) is 1.64. The van der Waals surface area contributed by atoms with Crippen molar-refractivity contribution >= 4 is 29.2 Å². The summed E-state index contributed by atoms with van der Waals surface area (Å²) in [5.41, 5.74) is 6.10. The van der Waals surface area contributed by atoms with Crippen LogP contribution in [-0.2, 0) is 4.79 Å². The van der Waals surface area contributed by atoms with E-state index in [4.69, 9.17) is 22.4 Å². The van der Waals surface area contributed by atoms with Crippen LogP contribution < -0.4 is 11.1 Å². The van der Waals surface area contributed by atoms with Crippen LogP contribution in [0.2, 0.25) is 5.02 Å². The Morgan fingerprint density at radius 1 is 1.50 bits per heavy atom. The molecule has 5 nitrogen and oxygen atoms in total. The second-order valence-electron chi connectivity index (χ2n) is 4.04. The molecule has 1 amide bonds. The zero-order valence-electron chi connectivity index (χ0n) is 9.94. The van der Waals surface area contributed by atoms with Gasteiger partial charge in [0.2, 0.25) is 5.91 Å². The number of anilines is 1. The van der Waals surface area contributed by atoms with Gasteiger partial charge in [0.15, 0.2) is 0 Å². The number of benzene rings is 1. The average Bonchev–Trinajstić information content (AvgIpc) is 2.29. The van der Waals surface area contributed by atoms with Crippen LogP contribution in [0.1, 0.15) is 30.1 Å². The number of rotatable bonds is 6. The van der Waals surface area contributed by atoms with Crippen molar-refractivity contribution in [2.45, 2.75) is 25.8 Å². The fraction of sp³-hybridized carbons (Fsp3) is 0.333. The van der Waals surface area contributed by atoms with E-state index < -0.39 is 11.9 Å². The van der Waals surface area contributed by atoms with Gasteiger partial charge in [0.1, 0.15) is 0 Å². The number of hydrogen-bond donors (Lipinski definition) is 3. The van der Waals surface area contributed by atoms with E-state index >= 15 is 0 Å². The van der Waals surface area contributed by atoms with Gasteiger partial charge < -0.3 is 16.2 Å². The van der Waals surface area contributed by atoms with Crippen LogP contribution in [-0.4, -0.2) is 23.0 Å². The molecule has 0 spiro atoms. The van der Waals surface area contributed by atoms with E-state index in [-0.39, 0.29) is 12.5 Å². The highest BCUT2D eigenvalue weighted by atomic mass is 35.5. The monoisotopic (exact) mass is 270 g/mol. The van der Waals surface area contributed by atoms with Crippen molar-refractivity contribution in [2.24, 2.45) is 5.73 Å². The Hall–Kier alpha value is -1.75. The van der Waals surface area contributed by atoms with Crippen molar-refractivity contribution in [3.05, 3.63) is 28.8 Å². The number of halogens is 1. The summed E-state index contributed by atoms with van der Waals surface area (Å²) in [5.74, 6) is -1.38. The maximum atomic E-state index is 11.0. The molecule has 18 heavy (non-hydrogen) atoms. The van der Waals surface area contributed by atoms with Crippen LogP contribution in [0.3, 0.4) is 0 Å². The summed E-state index contributed by atoms with van der Waals surface area (Å²) in [5, 5.41) is 12.1. The third-order valence-corrected chi connectivity index (χ3v) is 2.77. The Labute approximate surface area is 110 Å². The molecule has 1 rings (SSSR count). The quantitative estimate of drug-likeness (QED) is 0.738. The van der Waals surface area contributed by atoms with Crippen LogP contribution in [0.5, 0.6) is 0 Å². The molecule has 0 radical (unpaired) electrons. The predicted octanol–water partition coefficient (Wildman–Crippen LogP) is 2.10. The zero-order chi connectivity index (χ0) is 13.7. The van der Waals surface area contributed by atoms with Gasteiger partial charge >= 0.3 is 5.97 Å². The molecule has 0 fully saturated rings. The van der Waals surface area contributed by atoms with Crippen molar-refractivity contribution < 1.29 is 14.7 Å². The highest BCUT2D eigenvalue weighted by Gasteiger charge is 2.10. The van der Waals surface area contributed by atoms with Crippen molar-refractivity contribution in [3.8, 4) is 0 Å². The van der Waals surface area contributed by atoms with Crippen LogP contribution >= 0.6 is 11.6 Å². The number of hydrogen-bond acceptors (Lipinski definition) is 3. The first kappa shape index (κ1) is 14.3. The molecule has 0 aromatic heterocycles. The van der Waals surface area contributed by atoms with Crippen molar-refractivity contribution in [1.29, 1.82) is 0 Å². The molecule has 1 aromatic carbocycles. The van der Waals surface area contributed by atoms with Gasteiger partial charge in [-0.25, -0.2) is 0 Å². The first-order valence-electron chi connectivity index (χ1n) is 5.48. The number of nitrogens with one attached hydrogen (secondary N) is 1. The van der Waals surface area contributed by atoms with Gasteiger partial charge in [-0.05, 0) is 31.5 Å². The topological polar surface area (TPSA) is 92.4 Å². The first-order valence-corrected chi connectivity index (χ1v) is 5.85. The summed E-state index contributed by atoms with van der Waals surface area (Å²) in [6.45, 7) is 1.84. The lowest BCUT2D eigenvalue weighted by atomic mass is 10.1. The zero-order valence-corrected chi connectivity index (χ0v) is 10.7. The van der Waals surface area contributed by atoms with Gasteiger partial charge in [0.05, 0.1) is 10.7 Å². The number of carbonyl (C=O) groups excluding carboxylic acids is 1. The minimum atomic E-state index is -0.847. The molecule has 0 bridgehead atoms. The molecule has 0 saturated carbocycles. The molecule has 98 valence electrons. The van der Waals surface area contributed by atoms with Gasteiger partial charge in [0, 0.05) is 18.0 Å². The lowest BCUT2D eigenvalue weighted by Crippen LogP contribution is -2.18. The second kappa shape index (κ2) is 6.26. The summed E-state index contributed by atoms with van der Waals surface area (Å²) >= 11 is 5.98. The summed E-state index contributed by atoms with van der Waals surface area (Å²) in [7, 11) is 0. The van der Waals surface area contributed by atoms with Crippen molar-refractivity contribution in [1.82, 2.24) is 0 Å². The lowest BCUT2D eigenvalue weighted by molar-refractivity contribution is -0.137. The Balaban J connectivity index is 2.73. The lowest BCUT2D eigenvalue weighted by Gasteiger charge is -2.16. The number of carboxylic acids is 1. The largest absolute Gasteiger partial charge is 0.481 e. The molecule has 4 N–H and O–H groups in total. The second-order valence-corrected chi connectivity index (χ2v) is 4.44. The smallest absolute Gasteiger partial charge is 0.303 e. The number of carboxylic acid groups (broad SMARTS) is 1. The predicted molar refractivity (Wildman–Crippen MR) is 69.9 cm³/mol. The number of nitrogens with two attached hydrogens (primary N) is 1. The Bertz CT molecular complexity index is 463. The van der Waals surface area contributed by atoms with E-state index in [9.17, 15) is 9.59 Å². The minimum Gasteiger partial charge on any atom is -0.481 e. The molecule has 6 heteroatoms. The Morgan fingerprint density at radius 2 is 2.17 bits per heavy atom. The Morgan fingerprint density at radius 3 is 2.72 bits per heavy atom. The van der Waals surface area contributed by atoms with Crippen LogP contribution in [0.4, 0.5) is 5.69 Å². The minimum absolute atomic E-state index is 0.0678. The molecule has 1 atom stereocenters. The number of carbonyl (C=O) groups is 2. The fourth-order valence-electron chi connectivity index (χ4n) is 1.47. The van der Waals surface area contributed by atoms with E-state index in [1.165, 1.54) is 6.07 Å². The molecular formula is C12H15ClN2O3. The van der Waals surface area contributed by atoms with E-state index in [0.29, 0.717) is 22.7 Å². The molecule has 0 heterocycles. The maximum absolute atomic E-state index is 11.0. The molecular weight excluding hydrogens is 256 g/mol. The summed E-state index contributed by atoms with van der Waals surface area (Å²) in [6.07, 6.45) is 0.535. The highest BCUT2D eigenvalue weighted by Crippen LogP contribution is 2.24. The summed E-state index contributed by atoms with van der Waals surface area (Å²) in [4.78, 5) is 21.5. The van der Waals surface area contributed by atoms with Gasteiger partial charge in [-0.1, -0.05) is 11.6 Å². The summed E-state index contributed by atoms with van der Waals surface area (Å²) < 4.78 is 0. The van der Waals surface area contributed by atoms with Gasteiger partial charge in [0.25, 0.3) is 0 Å². The highest BCUT2D eigenvalue weighted by molar-refractivity contribution is 6.33. The third-order valence-electron chi connectivity index (χ3n) is 2.44. The van der Waals surface area contributed by atoms with Gasteiger partial charge in [-0.15, -0.1) is 0 Å². The molecule has 0 aliphatic carbocycles. The number of amides is 1. The Kier molecular flexibility index (Phi) is 4.97. The van der Waals surface area contributed by atoms with Crippen LogP contribution in [0.15, 0.2) is 18.2 Å². The number of primary amides is 1. The summed E-state index contributed by atoms with van der Waals surface area (Å²) in [6, 6.07) is 4.61. The van der Waals surface area contributed by atoms with E-state index in [2.05, 4.69) is 5.32 Å². The van der Waals surface area contributed by atoms with Gasteiger partial charge in [-0.3, -0.25) is 9.59 Å². The molecule has 1 unspecified atom stereocenters. The molecule has 0 aliphatic heterocycles. The van der Waals surface area contributed by atoms with Crippen LogP contribution in [0, 0.1) is 0 Å².